The maximum Gasteiger partial charge on any atom is 0.0733 e. The molecule has 0 aromatic carbocycles. The molecule has 0 amide bonds. The van der Waals surface area contributed by atoms with E-state index in [9.17, 15) is 0 Å². The van der Waals surface area contributed by atoms with E-state index in [1.807, 2.05) is 0 Å². The van der Waals surface area contributed by atoms with Gasteiger partial charge in [0, 0.05) is 6.04 Å². The minimum atomic E-state index is 0.552. The zero-order valence-corrected chi connectivity index (χ0v) is 10.3. The van der Waals surface area contributed by atoms with Gasteiger partial charge in [-0.2, -0.15) is 0 Å². The summed E-state index contributed by atoms with van der Waals surface area (Å²) in [5.41, 5.74) is 0. The van der Waals surface area contributed by atoms with Gasteiger partial charge in [-0.05, 0) is 44.6 Å². The van der Waals surface area contributed by atoms with E-state index >= 15 is 0 Å². The monoisotopic (exact) mass is 223 g/mol. The van der Waals surface area contributed by atoms with E-state index in [1.165, 1.54) is 64.3 Å². The Morgan fingerprint density at radius 2 is 1.75 bits per heavy atom. The summed E-state index contributed by atoms with van der Waals surface area (Å²) in [6.45, 7) is 1.25. The molecule has 2 saturated heterocycles. The summed E-state index contributed by atoms with van der Waals surface area (Å²) in [7, 11) is 0. The van der Waals surface area contributed by atoms with Gasteiger partial charge < -0.3 is 10.1 Å². The van der Waals surface area contributed by atoms with Crippen LogP contribution in [-0.4, -0.2) is 24.8 Å². The molecule has 2 nitrogen and oxygen atoms in total. The fourth-order valence-corrected chi connectivity index (χ4v) is 3.74. The lowest BCUT2D eigenvalue weighted by atomic mass is 9.94. The molecule has 3 atom stereocenters. The molecule has 2 heterocycles. The lowest BCUT2D eigenvalue weighted by molar-refractivity contribution is 0.0968. The number of rotatable bonds is 3. The summed E-state index contributed by atoms with van der Waals surface area (Å²) in [5, 5.41) is 3.79. The van der Waals surface area contributed by atoms with Crippen molar-refractivity contribution in [1.29, 1.82) is 0 Å². The second-order valence-electron chi connectivity index (χ2n) is 5.98. The van der Waals surface area contributed by atoms with Gasteiger partial charge in [-0.1, -0.05) is 25.7 Å². The molecule has 3 unspecified atom stereocenters. The maximum absolute atomic E-state index is 5.89. The molecule has 2 aliphatic heterocycles. The highest BCUT2D eigenvalue weighted by atomic mass is 16.5. The van der Waals surface area contributed by atoms with Crippen molar-refractivity contribution in [2.24, 2.45) is 5.92 Å². The van der Waals surface area contributed by atoms with E-state index in [0.717, 1.165) is 5.92 Å². The lowest BCUT2D eigenvalue weighted by Crippen LogP contribution is -2.40. The Labute approximate surface area is 99.1 Å². The summed E-state index contributed by atoms with van der Waals surface area (Å²) < 4.78 is 5.89. The highest BCUT2D eigenvalue weighted by Gasteiger charge is 2.40. The molecule has 16 heavy (non-hydrogen) atoms. The van der Waals surface area contributed by atoms with Gasteiger partial charge in [0.1, 0.15) is 0 Å². The Morgan fingerprint density at radius 3 is 2.38 bits per heavy atom. The van der Waals surface area contributed by atoms with Gasteiger partial charge in [-0.15, -0.1) is 0 Å². The average molecular weight is 223 g/mol. The highest BCUT2D eigenvalue weighted by Crippen LogP contribution is 2.34. The number of hydrogen-bond donors (Lipinski definition) is 1. The van der Waals surface area contributed by atoms with Crippen LogP contribution in [0.4, 0.5) is 0 Å². The number of fused-ring (bicyclic) bond motifs is 2. The molecule has 2 bridgehead atoms. The predicted molar refractivity (Wildman–Crippen MR) is 65.5 cm³/mol. The fourth-order valence-electron chi connectivity index (χ4n) is 3.74. The van der Waals surface area contributed by atoms with Crippen molar-refractivity contribution in [1.82, 2.24) is 5.32 Å². The lowest BCUT2D eigenvalue weighted by Gasteiger charge is -2.23. The molecule has 3 rings (SSSR count). The first kappa shape index (κ1) is 11.0. The normalized spacial score (nSPS) is 40.1. The SMILES string of the molecule is C1CCCC(CNC2CC3CCC2O3)CC1. The van der Waals surface area contributed by atoms with Crippen LogP contribution in [0.15, 0.2) is 0 Å². The molecular weight excluding hydrogens is 198 g/mol. The van der Waals surface area contributed by atoms with Gasteiger partial charge in [-0.25, -0.2) is 0 Å². The number of hydrogen-bond acceptors (Lipinski definition) is 2. The van der Waals surface area contributed by atoms with Crippen molar-refractivity contribution in [2.45, 2.75) is 76.0 Å². The number of ether oxygens (including phenoxy) is 1. The van der Waals surface area contributed by atoms with Crippen LogP contribution in [-0.2, 0) is 4.74 Å². The molecule has 0 spiro atoms. The number of nitrogens with one attached hydrogen (secondary N) is 1. The van der Waals surface area contributed by atoms with Crippen molar-refractivity contribution in [2.75, 3.05) is 6.54 Å². The van der Waals surface area contributed by atoms with Crippen LogP contribution < -0.4 is 5.32 Å². The predicted octanol–water partition coefficient (Wildman–Crippen LogP) is 2.87. The van der Waals surface area contributed by atoms with Crippen molar-refractivity contribution < 1.29 is 4.74 Å². The quantitative estimate of drug-likeness (QED) is 0.743. The third kappa shape index (κ3) is 2.43. The second kappa shape index (κ2) is 5.05. The molecular formula is C14H25NO. The van der Waals surface area contributed by atoms with Gasteiger partial charge in [0.05, 0.1) is 12.2 Å². The van der Waals surface area contributed by atoms with Crippen molar-refractivity contribution in [3.8, 4) is 0 Å². The summed E-state index contributed by atoms with van der Waals surface area (Å²) in [4.78, 5) is 0. The third-order valence-electron chi connectivity index (χ3n) is 4.75. The Morgan fingerprint density at radius 1 is 0.938 bits per heavy atom. The molecule has 0 radical (unpaired) electrons. The van der Waals surface area contributed by atoms with Gasteiger partial charge in [-0.3, -0.25) is 0 Å². The van der Waals surface area contributed by atoms with E-state index in [4.69, 9.17) is 4.74 Å². The summed E-state index contributed by atoms with van der Waals surface area (Å²) in [5.74, 6) is 0.946. The molecule has 1 aliphatic carbocycles. The standard InChI is InChI=1S/C14H25NO/c1-2-4-6-11(5-3-1)10-15-13-9-12-7-8-14(13)16-12/h11-15H,1-10H2. The van der Waals surface area contributed by atoms with Crippen LogP contribution in [0, 0.1) is 5.92 Å². The maximum atomic E-state index is 5.89. The molecule has 1 N–H and O–H groups in total. The van der Waals surface area contributed by atoms with Crippen molar-refractivity contribution >= 4 is 0 Å². The van der Waals surface area contributed by atoms with Crippen LogP contribution >= 0.6 is 0 Å². The van der Waals surface area contributed by atoms with E-state index in [1.54, 1.807) is 0 Å². The van der Waals surface area contributed by atoms with Crippen LogP contribution in [0.25, 0.3) is 0 Å². The van der Waals surface area contributed by atoms with Gasteiger partial charge in [0.25, 0.3) is 0 Å². The zero-order valence-electron chi connectivity index (χ0n) is 10.3. The molecule has 1 saturated carbocycles. The zero-order chi connectivity index (χ0) is 10.8. The van der Waals surface area contributed by atoms with E-state index in [2.05, 4.69) is 5.32 Å². The van der Waals surface area contributed by atoms with Gasteiger partial charge >= 0.3 is 0 Å². The average Bonchev–Trinajstić information content (AvgIpc) is 2.82. The Bertz CT molecular complexity index is 223. The first-order valence-corrected chi connectivity index (χ1v) is 7.30. The van der Waals surface area contributed by atoms with Gasteiger partial charge in [0.15, 0.2) is 0 Å². The minimum Gasteiger partial charge on any atom is -0.373 e. The van der Waals surface area contributed by atoms with Crippen molar-refractivity contribution in [3.63, 3.8) is 0 Å². The minimum absolute atomic E-state index is 0.552. The molecule has 3 aliphatic rings. The molecule has 3 fully saturated rings. The van der Waals surface area contributed by atoms with Crippen LogP contribution in [0.1, 0.15) is 57.8 Å². The first-order valence-electron chi connectivity index (χ1n) is 7.30. The Hall–Kier alpha value is -0.0800. The van der Waals surface area contributed by atoms with Gasteiger partial charge in [0.2, 0.25) is 0 Å². The summed E-state index contributed by atoms with van der Waals surface area (Å²) in [6, 6.07) is 0.682. The largest absolute Gasteiger partial charge is 0.373 e. The summed E-state index contributed by atoms with van der Waals surface area (Å²) in [6.07, 6.45) is 13.8. The third-order valence-corrected chi connectivity index (χ3v) is 4.75. The summed E-state index contributed by atoms with van der Waals surface area (Å²) >= 11 is 0. The van der Waals surface area contributed by atoms with Crippen LogP contribution in [0.3, 0.4) is 0 Å². The highest BCUT2D eigenvalue weighted by molar-refractivity contribution is 4.94. The van der Waals surface area contributed by atoms with E-state index in [0.29, 0.717) is 18.2 Å². The smallest absolute Gasteiger partial charge is 0.0733 e. The Kier molecular flexibility index (Phi) is 3.49. The van der Waals surface area contributed by atoms with E-state index < -0.39 is 0 Å². The van der Waals surface area contributed by atoms with Crippen LogP contribution in [0.2, 0.25) is 0 Å². The molecule has 2 heteroatoms. The Balaban J connectivity index is 1.42. The van der Waals surface area contributed by atoms with Crippen LogP contribution in [0.5, 0.6) is 0 Å². The fraction of sp³-hybridized carbons (Fsp3) is 1.00. The first-order chi connectivity index (χ1) is 7.92. The van der Waals surface area contributed by atoms with Crippen molar-refractivity contribution in [3.05, 3.63) is 0 Å². The van der Waals surface area contributed by atoms with E-state index in [-0.39, 0.29) is 0 Å². The molecule has 0 aromatic heterocycles. The topological polar surface area (TPSA) is 21.3 Å². The molecule has 0 aromatic rings. The second-order valence-corrected chi connectivity index (χ2v) is 5.98. The molecule has 92 valence electrons.